The first-order chi connectivity index (χ1) is 5.27. The Balaban J connectivity index is 2.91. The van der Waals surface area contributed by atoms with E-state index in [0.717, 1.165) is 15.5 Å². The fourth-order valence-corrected chi connectivity index (χ4v) is 1.54. The summed E-state index contributed by atoms with van der Waals surface area (Å²) in [6.07, 6.45) is 1.59. The summed E-state index contributed by atoms with van der Waals surface area (Å²) in [5, 5.41) is 9.15. The number of rotatable bonds is 0. The van der Waals surface area contributed by atoms with Crippen molar-refractivity contribution in [1.29, 1.82) is 0 Å². The van der Waals surface area contributed by atoms with E-state index in [1.54, 1.807) is 18.5 Å². The van der Waals surface area contributed by atoms with Crippen molar-refractivity contribution in [2.75, 3.05) is 0 Å². The van der Waals surface area contributed by atoms with Crippen LogP contribution in [0, 0.1) is 0 Å². The Morgan fingerprint density at radius 1 is 1.45 bits per heavy atom. The lowest BCUT2D eigenvalue weighted by atomic mass is 10.3. The Bertz CT molecular complexity index is 396. The normalized spacial score (nSPS) is 10.6. The monoisotopic (exact) mass is 212 g/mol. The van der Waals surface area contributed by atoms with Crippen molar-refractivity contribution in [3.63, 3.8) is 0 Å². The molecule has 3 nitrogen and oxygen atoms in total. The number of phenolic OH excluding ortho intramolecular Hbond substituents is 1. The average Bonchev–Trinajstić information content (AvgIpc) is 2.34. The van der Waals surface area contributed by atoms with Crippen LogP contribution < -0.4 is 0 Å². The minimum atomic E-state index is 0.230. The van der Waals surface area contributed by atoms with E-state index in [1.807, 2.05) is 0 Å². The quantitative estimate of drug-likeness (QED) is 0.703. The van der Waals surface area contributed by atoms with Gasteiger partial charge in [0, 0.05) is 10.5 Å². The lowest BCUT2D eigenvalue weighted by Crippen LogP contribution is -1.71. The summed E-state index contributed by atoms with van der Waals surface area (Å²) in [7, 11) is 0. The molecule has 0 amide bonds. The molecule has 0 unspecified atom stereocenters. The Labute approximate surface area is 71.2 Å². The van der Waals surface area contributed by atoms with Crippen LogP contribution in [0.4, 0.5) is 0 Å². The van der Waals surface area contributed by atoms with E-state index in [-0.39, 0.29) is 5.75 Å². The molecule has 0 aliphatic rings. The van der Waals surface area contributed by atoms with Gasteiger partial charge in [-0.2, -0.15) is 0 Å². The number of hydrogen-bond donors (Lipinski definition) is 2. The van der Waals surface area contributed by atoms with Crippen molar-refractivity contribution in [1.82, 2.24) is 9.97 Å². The number of H-pyrrole nitrogens is 1. The SMILES string of the molecule is Oc1cc(Br)c2nc[nH]c2c1. The molecule has 2 aromatic rings. The Morgan fingerprint density at radius 2 is 2.27 bits per heavy atom. The van der Waals surface area contributed by atoms with Gasteiger partial charge in [0.25, 0.3) is 0 Å². The maximum absolute atomic E-state index is 9.15. The van der Waals surface area contributed by atoms with Crippen LogP contribution >= 0.6 is 15.9 Å². The predicted molar refractivity (Wildman–Crippen MR) is 45.5 cm³/mol. The molecule has 0 saturated carbocycles. The van der Waals surface area contributed by atoms with Gasteiger partial charge in [-0.1, -0.05) is 0 Å². The van der Waals surface area contributed by atoms with Gasteiger partial charge in [0.2, 0.25) is 0 Å². The van der Waals surface area contributed by atoms with E-state index in [9.17, 15) is 0 Å². The Morgan fingerprint density at radius 3 is 3.09 bits per heavy atom. The number of hydrogen-bond acceptors (Lipinski definition) is 2. The van der Waals surface area contributed by atoms with Crippen molar-refractivity contribution in [2.24, 2.45) is 0 Å². The number of aromatic amines is 1. The van der Waals surface area contributed by atoms with Crippen LogP contribution in [0.2, 0.25) is 0 Å². The summed E-state index contributed by atoms with van der Waals surface area (Å²) < 4.78 is 0.800. The minimum absolute atomic E-state index is 0.230. The second-order valence-electron chi connectivity index (χ2n) is 2.23. The van der Waals surface area contributed by atoms with Gasteiger partial charge in [0.1, 0.15) is 11.3 Å². The number of benzene rings is 1. The van der Waals surface area contributed by atoms with Crippen molar-refractivity contribution >= 4 is 27.0 Å². The summed E-state index contributed by atoms with van der Waals surface area (Å²) in [5.41, 5.74) is 1.67. The molecule has 4 heteroatoms. The molecule has 0 aliphatic heterocycles. The van der Waals surface area contributed by atoms with Gasteiger partial charge < -0.3 is 10.1 Å². The average molecular weight is 213 g/mol. The van der Waals surface area contributed by atoms with Gasteiger partial charge >= 0.3 is 0 Å². The molecule has 0 spiro atoms. The summed E-state index contributed by atoms with van der Waals surface area (Å²) >= 11 is 3.28. The summed E-state index contributed by atoms with van der Waals surface area (Å²) in [5.74, 6) is 0.230. The predicted octanol–water partition coefficient (Wildman–Crippen LogP) is 2.03. The number of halogens is 1. The zero-order chi connectivity index (χ0) is 7.84. The molecule has 2 N–H and O–H groups in total. The van der Waals surface area contributed by atoms with Gasteiger partial charge in [-0.15, -0.1) is 0 Å². The highest BCUT2D eigenvalue weighted by Crippen LogP contribution is 2.25. The molecular formula is C7H5BrN2O. The highest BCUT2D eigenvalue weighted by molar-refractivity contribution is 9.10. The summed E-state index contributed by atoms with van der Waals surface area (Å²) in [6, 6.07) is 3.25. The molecule has 0 atom stereocenters. The van der Waals surface area contributed by atoms with E-state index in [2.05, 4.69) is 25.9 Å². The van der Waals surface area contributed by atoms with Crippen LogP contribution in [0.5, 0.6) is 5.75 Å². The topological polar surface area (TPSA) is 48.9 Å². The van der Waals surface area contributed by atoms with Gasteiger partial charge in [0.05, 0.1) is 11.8 Å². The Hall–Kier alpha value is -1.03. The van der Waals surface area contributed by atoms with Crippen LogP contribution in [0.15, 0.2) is 22.9 Å². The van der Waals surface area contributed by atoms with Crippen LogP contribution in [0.1, 0.15) is 0 Å². The van der Waals surface area contributed by atoms with Crippen molar-refractivity contribution in [3.05, 3.63) is 22.9 Å². The molecule has 0 radical (unpaired) electrons. The fraction of sp³-hybridized carbons (Fsp3) is 0. The second-order valence-corrected chi connectivity index (χ2v) is 3.08. The van der Waals surface area contributed by atoms with E-state index in [1.165, 1.54) is 0 Å². The van der Waals surface area contributed by atoms with Gasteiger partial charge in [0.15, 0.2) is 0 Å². The molecular weight excluding hydrogens is 208 g/mol. The van der Waals surface area contributed by atoms with Gasteiger partial charge in [-0.05, 0) is 22.0 Å². The molecule has 1 aromatic carbocycles. The van der Waals surface area contributed by atoms with E-state index >= 15 is 0 Å². The summed E-state index contributed by atoms with van der Waals surface area (Å²) in [4.78, 5) is 6.95. The number of nitrogens with zero attached hydrogens (tertiary/aromatic N) is 1. The second kappa shape index (κ2) is 2.23. The number of fused-ring (bicyclic) bond motifs is 1. The largest absolute Gasteiger partial charge is 0.508 e. The van der Waals surface area contributed by atoms with E-state index in [4.69, 9.17) is 5.11 Å². The van der Waals surface area contributed by atoms with E-state index in [0.29, 0.717) is 0 Å². The lowest BCUT2D eigenvalue weighted by molar-refractivity contribution is 0.475. The standard InChI is InChI=1S/C7H5BrN2O/c8-5-1-4(11)2-6-7(5)10-3-9-6/h1-3,11H,(H,9,10). The smallest absolute Gasteiger partial charge is 0.118 e. The molecule has 0 saturated heterocycles. The Kier molecular flexibility index (Phi) is 1.35. The number of aromatic hydroxyl groups is 1. The highest BCUT2D eigenvalue weighted by atomic mass is 79.9. The fourth-order valence-electron chi connectivity index (χ4n) is 0.992. The maximum Gasteiger partial charge on any atom is 0.118 e. The van der Waals surface area contributed by atoms with Crippen LogP contribution in [-0.4, -0.2) is 15.1 Å². The third-order valence-corrected chi connectivity index (χ3v) is 2.07. The van der Waals surface area contributed by atoms with Gasteiger partial charge in [-0.3, -0.25) is 0 Å². The van der Waals surface area contributed by atoms with Crippen LogP contribution in [0.3, 0.4) is 0 Å². The zero-order valence-corrected chi connectivity index (χ0v) is 7.09. The third kappa shape index (κ3) is 0.991. The number of phenols is 1. The van der Waals surface area contributed by atoms with Gasteiger partial charge in [-0.25, -0.2) is 4.98 Å². The molecule has 1 aromatic heterocycles. The minimum Gasteiger partial charge on any atom is -0.508 e. The first kappa shape index (κ1) is 6.67. The number of nitrogens with one attached hydrogen (secondary N) is 1. The molecule has 0 fully saturated rings. The van der Waals surface area contributed by atoms with Crippen LogP contribution in [0.25, 0.3) is 11.0 Å². The number of imidazole rings is 1. The molecule has 11 heavy (non-hydrogen) atoms. The highest BCUT2D eigenvalue weighted by Gasteiger charge is 2.01. The molecule has 0 aliphatic carbocycles. The maximum atomic E-state index is 9.15. The van der Waals surface area contributed by atoms with Crippen molar-refractivity contribution in [2.45, 2.75) is 0 Å². The van der Waals surface area contributed by atoms with Crippen molar-refractivity contribution in [3.8, 4) is 5.75 Å². The molecule has 0 bridgehead atoms. The van der Waals surface area contributed by atoms with E-state index < -0.39 is 0 Å². The number of aromatic nitrogens is 2. The third-order valence-electron chi connectivity index (χ3n) is 1.46. The summed E-state index contributed by atoms with van der Waals surface area (Å²) in [6.45, 7) is 0. The molecule has 56 valence electrons. The molecule has 1 heterocycles. The van der Waals surface area contributed by atoms with Crippen molar-refractivity contribution < 1.29 is 5.11 Å². The first-order valence-electron chi connectivity index (χ1n) is 3.09. The first-order valence-corrected chi connectivity index (χ1v) is 3.88. The lowest BCUT2D eigenvalue weighted by Gasteiger charge is -1.93. The van der Waals surface area contributed by atoms with Crippen LogP contribution in [-0.2, 0) is 0 Å². The zero-order valence-electron chi connectivity index (χ0n) is 5.50. The molecule has 2 rings (SSSR count).